The molecular weight excluding hydrogens is 331 g/mol. The third kappa shape index (κ3) is 3.61. The molecule has 0 spiro atoms. The minimum atomic E-state index is -4.65. The first-order valence-electron chi connectivity index (χ1n) is 6.63. The second kappa shape index (κ2) is 6.81. The van der Waals surface area contributed by atoms with Crippen LogP contribution in [0.3, 0.4) is 0 Å². The quantitative estimate of drug-likeness (QED) is 0.777. The lowest BCUT2D eigenvalue weighted by molar-refractivity contribution is -0.143. The van der Waals surface area contributed by atoms with Gasteiger partial charge < -0.3 is 18.9 Å². The standard InChI is InChI=1S/C15H14F3NO5/c1-21-11-4-8-9(15(16,17)18)5-13(24-7-14(20)23-3)19-10(8)6-12(11)22-2/h4-6H,7H2,1-3H3. The fraction of sp³-hybridized carbons (Fsp3) is 0.333. The number of hydrogen-bond donors (Lipinski definition) is 0. The number of halogens is 3. The molecule has 0 saturated carbocycles. The topological polar surface area (TPSA) is 66.9 Å². The Hall–Kier alpha value is -2.71. The molecule has 0 amide bonds. The van der Waals surface area contributed by atoms with Gasteiger partial charge in [-0.15, -0.1) is 0 Å². The molecule has 2 aromatic rings. The Morgan fingerprint density at radius 2 is 1.71 bits per heavy atom. The Kier molecular flexibility index (Phi) is 5.01. The SMILES string of the molecule is COC(=O)COc1cc(C(F)(F)F)c2cc(OC)c(OC)cc2n1. The molecular formula is C15H14F3NO5. The lowest BCUT2D eigenvalue weighted by Gasteiger charge is -2.15. The summed E-state index contributed by atoms with van der Waals surface area (Å²) in [4.78, 5) is 15.1. The van der Waals surface area contributed by atoms with Gasteiger partial charge in [-0.1, -0.05) is 0 Å². The van der Waals surface area contributed by atoms with Gasteiger partial charge in [-0.25, -0.2) is 9.78 Å². The fourth-order valence-corrected chi connectivity index (χ4v) is 2.03. The van der Waals surface area contributed by atoms with Crippen LogP contribution in [0.2, 0.25) is 0 Å². The summed E-state index contributed by atoms with van der Waals surface area (Å²) in [5.74, 6) is -0.735. The highest BCUT2D eigenvalue weighted by Crippen LogP contribution is 2.40. The zero-order valence-corrected chi connectivity index (χ0v) is 13.1. The first-order chi connectivity index (χ1) is 11.3. The van der Waals surface area contributed by atoms with Crippen molar-refractivity contribution in [2.75, 3.05) is 27.9 Å². The summed E-state index contributed by atoms with van der Waals surface area (Å²) in [6.45, 7) is -0.556. The number of nitrogens with zero attached hydrogens (tertiary/aromatic N) is 1. The summed E-state index contributed by atoms with van der Waals surface area (Å²) in [5.41, 5.74) is -0.976. The van der Waals surface area contributed by atoms with Crippen LogP contribution in [0.4, 0.5) is 13.2 Å². The van der Waals surface area contributed by atoms with Crippen molar-refractivity contribution in [3.63, 3.8) is 0 Å². The summed E-state index contributed by atoms with van der Waals surface area (Å²) in [6, 6.07) is 3.21. The summed E-state index contributed by atoms with van der Waals surface area (Å²) in [7, 11) is 3.81. The van der Waals surface area contributed by atoms with E-state index in [9.17, 15) is 18.0 Å². The molecule has 0 atom stereocenters. The average molecular weight is 345 g/mol. The van der Waals surface area contributed by atoms with E-state index >= 15 is 0 Å². The predicted octanol–water partition coefficient (Wildman–Crippen LogP) is 2.82. The molecule has 0 aliphatic carbocycles. The Balaban J connectivity index is 2.61. The first kappa shape index (κ1) is 17.6. The van der Waals surface area contributed by atoms with Crippen LogP contribution < -0.4 is 14.2 Å². The van der Waals surface area contributed by atoms with Gasteiger partial charge in [-0.05, 0) is 6.07 Å². The Labute approximate surface area is 135 Å². The maximum atomic E-state index is 13.3. The number of benzene rings is 1. The number of carbonyl (C=O) groups excluding carboxylic acids is 1. The molecule has 130 valence electrons. The highest BCUT2D eigenvalue weighted by Gasteiger charge is 2.34. The Morgan fingerprint density at radius 1 is 1.08 bits per heavy atom. The van der Waals surface area contributed by atoms with E-state index in [2.05, 4.69) is 9.72 Å². The minimum absolute atomic E-state index is 0.0117. The minimum Gasteiger partial charge on any atom is -0.493 e. The van der Waals surface area contributed by atoms with E-state index < -0.39 is 24.3 Å². The molecule has 0 aliphatic rings. The number of pyridine rings is 1. The summed E-state index contributed by atoms with van der Waals surface area (Å²) < 4.78 is 59.4. The third-order valence-corrected chi connectivity index (χ3v) is 3.16. The van der Waals surface area contributed by atoms with Gasteiger partial charge in [-0.2, -0.15) is 13.2 Å². The highest BCUT2D eigenvalue weighted by molar-refractivity contribution is 5.87. The normalized spacial score (nSPS) is 11.2. The predicted molar refractivity (Wildman–Crippen MR) is 77.4 cm³/mol. The number of alkyl halides is 3. The van der Waals surface area contributed by atoms with E-state index in [0.29, 0.717) is 0 Å². The van der Waals surface area contributed by atoms with Crippen LogP contribution in [0.25, 0.3) is 10.9 Å². The number of rotatable bonds is 5. The van der Waals surface area contributed by atoms with Crippen molar-refractivity contribution in [3.8, 4) is 17.4 Å². The molecule has 1 aromatic heterocycles. The molecule has 6 nitrogen and oxygen atoms in total. The van der Waals surface area contributed by atoms with E-state index in [4.69, 9.17) is 14.2 Å². The second-order valence-electron chi connectivity index (χ2n) is 4.59. The van der Waals surface area contributed by atoms with Gasteiger partial charge in [0.15, 0.2) is 18.1 Å². The number of carbonyl (C=O) groups is 1. The van der Waals surface area contributed by atoms with E-state index in [1.165, 1.54) is 26.4 Å². The number of hydrogen-bond acceptors (Lipinski definition) is 6. The molecule has 1 aromatic carbocycles. The van der Waals surface area contributed by atoms with Gasteiger partial charge in [0, 0.05) is 17.5 Å². The second-order valence-corrected chi connectivity index (χ2v) is 4.59. The van der Waals surface area contributed by atoms with Gasteiger partial charge >= 0.3 is 12.1 Å². The first-order valence-corrected chi connectivity index (χ1v) is 6.63. The maximum Gasteiger partial charge on any atom is 0.417 e. The molecule has 0 radical (unpaired) electrons. The molecule has 24 heavy (non-hydrogen) atoms. The molecule has 9 heteroatoms. The van der Waals surface area contributed by atoms with Crippen LogP contribution in [-0.2, 0) is 15.7 Å². The summed E-state index contributed by atoms with van der Waals surface area (Å²) in [5, 5.41) is -0.175. The van der Waals surface area contributed by atoms with Gasteiger partial charge in [0.2, 0.25) is 5.88 Å². The third-order valence-electron chi connectivity index (χ3n) is 3.16. The van der Waals surface area contributed by atoms with Crippen LogP contribution in [-0.4, -0.2) is 38.9 Å². The van der Waals surface area contributed by atoms with Crippen LogP contribution in [0.1, 0.15) is 5.56 Å². The van der Waals surface area contributed by atoms with E-state index in [1.807, 2.05) is 0 Å². The fourth-order valence-electron chi connectivity index (χ4n) is 2.03. The molecule has 0 saturated heterocycles. The van der Waals surface area contributed by atoms with Crippen molar-refractivity contribution in [2.45, 2.75) is 6.18 Å². The van der Waals surface area contributed by atoms with Gasteiger partial charge in [-0.3, -0.25) is 0 Å². The van der Waals surface area contributed by atoms with Crippen LogP contribution >= 0.6 is 0 Å². The zero-order valence-electron chi connectivity index (χ0n) is 13.1. The maximum absolute atomic E-state index is 13.3. The van der Waals surface area contributed by atoms with Crippen molar-refractivity contribution in [1.82, 2.24) is 4.98 Å². The number of aromatic nitrogens is 1. The number of esters is 1. The molecule has 0 fully saturated rings. The van der Waals surface area contributed by atoms with Crippen molar-refractivity contribution < 1.29 is 36.9 Å². The summed E-state index contributed by atoms with van der Waals surface area (Å²) >= 11 is 0. The number of ether oxygens (including phenoxy) is 4. The lowest BCUT2D eigenvalue weighted by Crippen LogP contribution is -2.14. The van der Waals surface area contributed by atoms with Crippen molar-refractivity contribution in [2.24, 2.45) is 0 Å². The van der Waals surface area contributed by atoms with Crippen molar-refractivity contribution >= 4 is 16.9 Å². The van der Waals surface area contributed by atoms with Crippen LogP contribution in [0.15, 0.2) is 18.2 Å². The molecule has 0 unspecified atom stereocenters. The molecule has 1 heterocycles. The monoisotopic (exact) mass is 345 g/mol. The lowest BCUT2D eigenvalue weighted by atomic mass is 10.1. The van der Waals surface area contributed by atoms with Crippen molar-refractivity contribution in [1.29, 1.82) is 0 Å². The molecule has 0 bridgehead atoms. The number of methoxy groups -OCH3 is 3. The highest BCUT2D eigenvalue weighted by atomic mass is 19.4. The largest absolute Gasteiger partial charge is 0.493 e. The van der Waals surface area contributed by atoms with E-state index in [-0.39, 0.29) is 28.3 Å². The van der Waals surface area contributed by atoms with Gasteiger partial charge in [0.05, 0.1) is 32.4 Å². The molecule has 0 N–H and O–H groups in total. The van der Waals surface area contributed by atoms with Crippen LogP contribution in [0, 0.1) is 0 Å². The van der Waals surface area contributed by atoms with Crippen molar-refractivity contribution in [3.05, 3.63) is 23.8 Å². The number of fused-ring (bicyclic) bond motifs is 1. The zero-order chi connectivity index (χ0) is 17.9. The Bertz CT molecular complexity index is 761. The van der Waals surface area contributed by atoms with Crippen LogP contribution in [0.5, 0.6) is 17.4 Å². The molecule has 2 rings (SSSR count). The van der Waals surface area contributed by atoms with Gasteiger partial charge in [0.25, 0.3) is 0 Å². The Morgan fingerprint density at radius 3 is 2.25 bits per heavy atom. The van der Waals surface area contributed by atoms with Gasteiger partial charge in [0.1, 0.15) is 0 Å². The van der Waals surface area contributed by atoms with E-state index in [1.54, 1.807) is 0 Å². The smallest absolute Gasteiger partial charge is 0.417 e. The summed E-state index contributed by atoms with van der Waals surface area (Å²) in [6.07, 6.45) is -4.65. The molecule has 0 aliphatic heterocycles. The average Bonchev–Trinajstić information content (AvgIpc) is 2.56. The van der Waals surface area contributed by atoms with E-state index in [0.717, 1.165) is 13.2 Å².